The molecule has 5 aromatic rings. The molecule has 33 heavy (non-hydrogen) atoms. The van der Waals surface area contributed by atoms with Crippen molar-refractivity contribution in [3.8, 4) is 21.8 Å². The van der Waals surface area contributed by atoms with Gasteiger partial charge in [-0.1, -0.05) is 0 Å². The third-order valence-electron chi connectivity index (χ3n) is 4.74. The molecule has 0 bridgehead atoms. The molecule has 0 atom stereocenters. The van der Waals surface area contributed by atoms with E-state index in [4.69, 9.17) is 0 Å². The van der Waals surface area contributed by atoms with E-state index in [2.05, 4.69) is 24.7 Å². The van der Waals surface area contributed by atoms with Crippen LogP contribution in [0.25, 0.3) is 32.9 Å². The Morgan fingerprint density at radius 2 is 1.82 bits per heavy atom. The average molecular weight is 482 g/mol. The topological polar surface area (TPSA) is 97.7 Å². The number of aromatic nitrogens is 4. The predicted molar refractivity (Wildman–Crippen MR) is 121 cm³/mol. The van der Waals surface area contributed by atoms with Crippen molar-refractivity contribution in [2.45, 2.75) is 4.90 Å². The number of sulfonamides is 1. The van der Waals surface area contributed by atoms with Crippen molar-refractivity contribution in [2.75, 3.05) is 4.72 Å². The second-order valence-electron chi connectivity index (χ2n) is 6.90. The second-order valence-corrected chi connectivity index (χ2v) is 9.48. The maximum absolute atomic E-state index is 13.9. The molecule has 4 aromatic heterocycles. The Balaban J connectivity index is 1.54. The molecule has 0 amide bonds. The number of pyridine rings is 3. The molecule has 0 saturated heterocycles. The van der Waals surface area contributed by atoms with Crippen LogP contribution in [0, 0.1) is 11.6 Å². The first kappa shape index (κ1) is 21.0. The molecular weight excluding hydrogens is 468 g/mol. The number of benzene rings is 1. The van der Waals surface area contributed by atoms with Crippen LogP contribution in [-0.2, 0) is 10.0 Å². The summed E-state index contributed by atoms with van der Waals surface area (Å²) in [5, 5.41) is 2.65. The van der Waals surface area contributed by atoms with Gasteiger partial charge in [-0.15, -0.1) is 11.3 Å². The molecule has 0 saturated carbocycles. The summed E-state index contributed by atoms with van der Waals surface area (Å²) in [7, 11) is -4.19. The second kappa shape index (κ2) is 8.26. The van der Waals surface area contributed by atoms with Crippen molar-refractivity contribution in [1.29, 1.82) is 0 Å². The smallest absolute Gasteiger partial charge is 0.263 e. The van der Waals surface area contributed by atoms with E-state index in [1.807, 2.05) is 11.4 Å². The summed E-state index contributed by atoms with van der Waals surface area (Å²) < 4.78 is 54.8. The van der Waals surface area contributed by atoms with Gasteiger partial charge in [0.05, 0.1) is 22.4 Å². The van der Waals surface area contributed by atoms with Crippen LogP contribution in [0.15, 0.2) is 77.5 Å². The first-order chi connectivity index (χ1) is 15.9. The van der Waals surface area contributed by atoms with Gasteiger partial charge in [0.15, 0.2) is 0 Å². The fourth-order valence-corrected chi connectivity index (χ4v) is 4.92. The summed E-state index contributed by atoms with van der Waals surface area (Å²) in [6, 6.07) is 9.26. The van der Waals surface area contributed by atoms with Crippen molar-refractivity contribution in [3.63, 3.8) is 0 Å². The largest absolute Gasteiger partial charge is 0.277 e. The molecule has 5 rings (SSSR count). The molecule has 11 heteroatoms. The highest BCUT2D eigenvalue weighted by Gasteiger charge is 2.19. The molecule has 0 fully saturated rings. The molecule has 164 valence electrons. The quantitative estimate of drug-likeness (QED) is 0.384. The van der Waals surface area contributed by atoms with E-state index in [1.165, 1.54) is 23.6 Å². The lowest BCUT2D eigenvalue weighted by Gasteiger charge is -2.10. The first-order valence-corrected chi connectivity index (χ1v) is 11.9. The van der Waals surface area contributed by atoms with Gasteiger partial charge in [0.2, 0.25) is 0 Å². The first-order valence-electron chi connectivity index (χ1n) is 9.50. The van der Waals surface area contributed by atoms with Crippen molar-refractivity contribution >= 4 is 38.1 Å². The van der Waals surface area contributed by atoms with Crippen molar-refractivity contribution in [1.82, 2.24) is 19.9 Å². The lowest BCUT2D eigenvalue weighted by atomic mass is 10.1. The Hall–Kier alpha value is -3.83. The average Bonchev–Trinajstić information content (AvgIpc) is 3.35. The van der Waals surface area contributed by atoms with Gasteiger partial charge in [-0.25, -0.2) is 27.2 Å². The van der Waals surface area contributed by atoms with Crippen LogP contribution in [0.2, 0.25) is 0 Å². The lowest BCUT2D eigenvalue weighted by molar-refractivity contribution is 0.582. The van der Waals surface area contributed by atoms with Gasteiger partial charge in [0.1, 0.15) is 21.5 Å². The molecule has 0 aliphatic rings. The fourth-order valence-electron chi connectivity index (χ4n) is 3.20. The number of hydrogen-bond acceptors (Lipinski definition) is 7. The zero-order valence-electron chi connectivity index (χ0n) is 16.6. The molecule has 0 aliphatic carbocycles. The van der Waals surface area contributed by atoms with Crippen LogP contribution >= 0.6 is 11.3 Å². The zero-order chi connectivity index (χ0) is 23.0. The zero-order valence-corrected chi connectivity index (χ0v) is 18.2. The van der Waals surface area contributed by atoms with E-state index in [0.29, 0.717) is 28.4 Å². The monoisotopic (exact) mass is 481 g/mol. The van der Waals surface area contributed by atoms with Gasteiger partial charge in [0, 0.05) is 47.4 Å². The highest BCUT2D eigenvalue weighted by molar-refractivity contribution is 7.92. The summed E-state index contributed by atoms with van der Waals surface area (Å²) in [5.41, 5.74) is 2.63. The standard InChI is InChI=1S/C22H13F2N5O2S2/c23-14-1-2-19(17(24)10-14)29-33(30,31)15-9-13(11-25-12-15)18-3-4-20-21(28-18)16(5-6-26-20)22-27-7-8-32-22/h1-12,29H. The van der Waals surface area contributed by atoms with Gasteiger partial charge in [-0.05, 0) is 36.4 Å². The third-order valence-corrected chi connectivity index (χ3v) is 6.88. The van der Waals surface area contributed by atoms with Gasteiger partial charge in [-0.2, -0.15) is 0 Å². The fraction of sp³-hybridized carbons (Fsp3) is 0. The Bertz CT molecular complexity index is 1590. The van der Waals surface area contributed by atoms with Crippen LogP contribution in [0.4, 0.5) is 14.5 Å². The minimum atomic E-state index is -4.19. The summed E-state index contributed by atoms with van der Waals surface area (Å²) >= 11 is 1.47. The predicted octanol–water partition coefficient (Wildman–Crippen LogP) is 4.89. The minimum absolute atomic E-state index is 0.197. The van der Waals surface area contributed by atoms with Gasteiger partial charge >= 0.3 is 0 Å². The number of nitrogens with one attached hydrogen (secondary N) is 1. The number of halogens is 2. The number of nitrogens with zero attached hydrogens (tertiary/aromatic N) is 4. The van der Waals surface area contributed by atoms with Crippen molar-refractivity contribution in [2.24, 2.45) is 0 Å². The molecule has 0 radical (unpaired) electrons. The number of rotatable bonds is 5. The molecule has 1 aromatic carbocycles. The van der Waals surface area contributed by atoms with E-state index in [9.17, 15) is 17.2 Å². The Labute approximate surface area is 190 Å². The summed E-state index contributed by atoms with van der Waals surface area (Å²) in [5.74, 6) is -1.84. The maximum Gasteiger partial charge on any atom is 0.263 e. The van der Waals surface area contributed by atoms with Gasteiger partial charge < -0.3 is 0 Å². The summed E-state index contributed by atoms with van der Waals surface area (Å²) in [6.45, 7) is 0. The molecule has 0 spiro atoms. The van der Waals surface area contributed by atoms with E-state index in [1.54, 1.807) is 24.5 Å². The van der Waals surface area contributed by atoms with E-state index in [-0.39, 0.29) is 10.6 Å². The number of hydrogen-bond donors (Lipinski definition) is 1. The van der Waals surface area contributed by atoms with E-state index >= 15 is 0 Å². The number of anilines is 1. The van der Waals surface area contributed by atoms with Crippen LogP contribution in [-0.4, -0.2) is 28.4 Å². The van der Waals surface area contributed by atoms with Crippen LogP contribution in [0.1, 0.15) is 0 Å². The Kier molecular flexibility index (Phi) is 5.27. The summed E-state index contributed by atoms with van der Waals surface area (Å²) in [6.07, 6.45) is 5.99. The minimum Gasteiger partial charge on any atom is -0.277 e. The molecule has 1 N–H and O–H groups in total. The summed E-state index contributed by atoms with van der Waals surface area (Å²) in [4.78, 5) is 17.2. The van der Waals surface area contributed by atoms with Crippen LogP contribution < -0.4 is 4.72 Å². The van der Waals surface area contributed by atoms with Crippen molar-refractivity contribution < 1.29 is 17.2 Å². The normalized spacial score (nSPS) is 11.6. The highest BCUT2D eigenvalue weighted by Crippen LogP contribution is 2.30. The lowest BCUT2D eigenvalue weighted by Crippen LogP contribution is -2.14. The Morgan fingerprint density at radius 3 is 2.61 bits per heavy atom. The van der Waals surface area contributed by atoms with Crippen molar-refractivity contribution in [3.05, 3.63) is 84.3 Å². The SMILES string of the molecule is O=S(=O)(Nc1ccc(F)cc1F)c1cncc(-c2ccc3nccc(-c4nccs4)c3n2)c1. The van der Waals surface area contributed by atoms with E-state index in [0.717, 1.165) is 28.9 Å². The number of thiazole rings is 1. The van der Waals surface area contributed by atoms with E-state index < -0.39 is 21.7 Å². The highest BCUT2D eigenvalue weighted by atomic mass is 32.2. The maximum atomic E-state index is 13.9. The molecule has 0 unspecified atom stereocenters. The Morgan fingerprint density at radius 1 is 0.939 bits per heavy atom. The molecule has 0 aliphatic heterocycles. The van der Waals surface area contributed by atoms with Crippen LogP contribution in [0.3, 0.4) is 0 Å². The molecular formula is C22H13F2N5O2S2. The van der Waals surface area contributed by atoms with Gasteiger partial charge in [-0.3, -0.25) is 14.7 Å². The third kappa shape index (κ3) is 4.15. The number of fused-ring (bicyclic) bond motifs is 1. The molecule has 7 nitrogen and oxygen atoms in total. The van der Waals surface area contributed by atoms with Crippen LogP contribution in [0.5, 0.6) is 0 Å². The molecule has 4 heterocycles. The van der Waals surface area contributed by atoms with Gasteiger partial charge in [0.25, 0.3) is 10.0 Å².